The zero-order valence-electron chi connectivity index (χ0n) is 13.0. The Hall–Kier alpha value is -3.29. The highest BCUT2D eigenvalue weighted by Gasteiger charge is 2.46. The second kappa shape index (κ2) is 6.31. The van der Waals surface area contributed by atoms with Crippen LogP contribution in [0.5, 0.6) is 0 Å². The second-order valence-electron chi connectivity index (χ2n) is 5.81. The third-order valence-corrected chi connectivity index (χ3v) is 4.00. The van der Waals surface area contributed by atoms with Crippen LogP contribution in [0.25, 0.3) is 0 Å². The summed E-state index contributed by atoms with van der Waals surface area (Å²) in [6.07, 6.45) is 1.21. The van der Waals surface area contributed by atoms with Gasteiger partial charge in [0.15, 0.2) is 0 Å². The molecule has 0 radical (unpaired) electrons. The maximum absolute atomic E-state index is 13.4. The van der Waals surface area contributed by atoms with Crippen molar-refractivity contribution in [3.05, 3.63) is 70.0 Å². The number of nitro benzene ring substituents is 1. The van der Waals surface area contributed by atoms with E-state index in [1.54, 1.807) is 12.1 Å². The van der Waals surface area contributed by atoms with Crippen LogP contribution in [0, 0.1) is 15.9 Å². The summed E-state index contributed by atoms with van der Waals surface area (Å²) in [5.74, 6) is -2.24. The van der Waals surface area contributed by atoms with Gasteiger partial charge in [-0.3, -0.25) is 19.7 Å². The molecule has 1 saturated carbocycles. The van der Waals surface area contributed by atoms with Gasteiger partial charge in [-0.2, -0.15) is 0 Å². The molecule has 0 aromatic heterocycles. The summed E-state index contributed by atoms with van der Waals surface area (Å²) in [5.41, 5.74) is -0.190. The molecule has 7 nitrogen and oxygen atoms in total. The van der Waals surface area contributed by atoms with E-state index in [0.717, 1.165) is 6.07 Å². The summed E-state index contributed by atoms with van der Waals surface area (Å²) >= 11 is 0. The van der Waals surface area contributed by atoms with Gasteiger partial charge in [0.1, 0.15) is 5.82 Å². The fourth-order valence-electron chi connectivity index (χ4n) is 2.56. The van der Waals surface area contributed by atoms with Gasteiger partial charge in [-0.15, -0.1) is 0 Å². The molecule has 0 aliphatic heterocycles. The SMILES string of the molecule is O=C(Nc1cccc([N+](=O)[O-])c1)C(=O)NC1(c2cccc(F)c2)CC1. The summed E-state index contributed by atoms with van der Waals surface area (Å²) in [6, 6.07) is 11.1. The predicted octanol–water partition coefficient (Wildman–Crippen LogP) is 2.48. The van der Waals surface area contributed by atoms with Gasteiger partial charge in [0.2, 0.25) is 0 Å². The van der Waals surface area contributed by atoms with Crippen LogP contribution in [0.4, 0.5) is 15.8 Å². The Kier molecular flexibility index (Phi) is 4.18. The van der Waals surface area contributed by atoms with Crippen LogP contribution >= 0.6 is 0 Å². The molecule has 0 heterocycles. The molecular weight excluding hydrogens is 329 g/mol. The van der Waals surface area contributed by atoms with Crippen LogP contribution in [-0.4, -0.2) is 16.7 Å². The number of nitrogens with zero attached hydrogens (tertiary/aromatic N) is 1. The number of anilines is 1. The zero-order chi connectivity index (χ0) is 18.0. The highest BCUT2D eigenvalue weighted by molar-refractivity contribution is 6.39. The van der Waals surface area contributed by atoms with E-state index >= 15 is 0 Å². The molecule has 0 atom stereocenters. The van der Waals surface area contributed by atoms with Gasteiger partial charge in [0, 0.05) is 17.8 Å². The van der Waals surface area contributed by atoms with E-state index in [0.29, 0.717) is 18.4 Å². The summed E-state index contributed by atoms with van der Waals surface area (Å²) in [5, 5.41) is 15.7. The Morgan fingerprint density at radius 3 is 2.44 bits per heavy atom. The molecule has 0 unspecified atom stereocenters. The summed E-state index contributed by atoms with van der Waals surface area (Å²) in [7, 11) is 0. The number of carbonyl (C=O) groups excluding carboxylic acids is 2. The number of carbonyl (C=O) groups is 2. The number of hydrogen-bond donors (Lipinski definition) is 2. The highest BCUT2D eigenvalue weighted by Crippen LogP contribution is 2.45. The lowest BCUT2D eigenvalue weighted by molar-refractivity contribution is -0.384. The molecule has 25 heavy (non-hydrogen) atoms. The van der Waals surface area contributed by atoms with Crippen molar-refractivity contribution in [1.82, 2.24) is 5.32 Å². The quantitative estimate of drug-likeness (QED) is 0.506. The number of nitrogens with one attached hydrogen (secondary N) is 2. The van der Waals surface area contributed by atoms with Crippen LogP contribution < -0.4 is 10.6 Å². The lowest BCUT2D eigenvalue weighted by Crippen LogP contribution is -2.42. The van der Waals surface area contributed by atoms with Gasteiger partial charge < -0.3 is 10.6 Å². The monoisotopic (exact) mass is 343 g/mol. The highest BCUT2D eigenvalue weighted by atomic mass is 19.1. The number of benzene rings is 2. The third-order valence-electron chi connectivity index (χ3n) is 4.00. The van der Waals surface area contributed by atoms with Crippen LogP contribution in [0.2, 0.25) is 0 Å². The Labute approximate surface area is 142 Å². The maximum Gasteiger partial charge on any atom is 0.313 e. The van der Waals surface area contributed by atoms with Crippen molar-refractivity contribution in [3.63, 3.8) is 0 Å². The maximum atomic E-state index is 13.4. The number of halogens is 1. The zero-order valence-corrected chi connectivity index (χ0v) is 13.0. The molecule has 2 amide bonds. The molecule has 8 heteroatoms. The topological polar surface area (TPSA) is 101 Å². The van der Waals surface area contributed by atoms with Gasteiger partial charge >= 0.3 is 11.8 Å². The van der Waals surface area contributed by atoms with E-state index in [4.69, 9.17) is 0 Å². The van der Waals surface area contributed by atoms with Crippen molar-refractivity contribution >= 4 is 23.2 Å². The third kappa shape index (κ3) is 3.63. The molecule has 0 bridgehead atoms. The van der Waals surface area contributed by atoms with Crippen LogP contribution in [0.1, 0.15) is 18.4 Å². The number of non-ortho nitro benzene ring substituents is 1. The molecule has 0 saturated heterocycles. The predicted molar refractivity (Wildman–Crippen MR) is 87.2 cm³/mol. The normalized spacial score (nSPS) is 14.4. The van der Waals surface area contributed by atoms with Crippen molar-refractivity contribution in [3.8, 4) is 0 Å². The Bertz CT molecular complexity index is 864. The number of hydrogen-bond acceptors (Lipinski definition) is 4. The Morgan fingerprint density at radius 1 is 1.08 bits per heavy atom. The summed E-state index contributed by atoms with van der Waals surface area (Å²) in [6.45, 7) is 0. The smallest absolute Gasteiger partial charge is 0.313 e. The molecule has 2 aromatic rings. The molecule has 1 aliphatic carbocycles. The van der Waals surface area contributed by atoms with Crippen molar-refractivity contribution < 1.29 is 18.9 Å². The van der Waals surface area contributed by atoms with Crippen LogP contribution in [-0.2, 0) is 15.1 Å². The number of rotatable bonds is 4. The van der Waals surface area contributed by atoms with E-state index in [1.165, 1.54) is 30.3 Å². The lowest BCUT2D eigenvalue weighted by atomic mass is 10.0. The average Bonchev–Trinajstić information content (AvgIpc) is 3.36. The minimum absolute atomic E-state index is 0.143. The molecule has 1 fully saturated rings. The first-order chi connectivity index (χ1) is 11.9. The summed E-state index contributed by atoms with van der Waals surface area (Å²) < 4.78 is 13.4. The summed E-state index contributed by atoms with van der Waals surface area (Å²) in [4.78, 5) is 34.3. The minimum atomic E-state index is -0.942. The number of amides is 2. The minimum Gasteiger partial charge on any atom is -0.338 e. The molecule has 128 valence electrons. The van der Waals surface area contributed by atoms with E-state index in [1.807, 2.05) is 0 Å². The Balaban J connectivity index is 1.68. The first kappa shape index (κ1) is 16.6. The molecular formula is C17H14FN3O4. The first-order valence-electron chi connectivity index (χ1n) is 7.54. The van der Waals surface area contributed by atoms with Gasteiger partial charge in [-0.25, -0.2) is 4.39 Å². The Morgan fingerprint density at radius 2 is 1.80 bits per heavy atom. The van der Waals surface area contributed by atoms with Crippen molar-refractivity contribution in [2.75, 3.05) is 5.32 Å². The molecule has 2 N–H and O–H groups in total. The van der Waals surface area contributed by atoms with E-state index in [2.05, 4.69) is 10.6 Å². The van der Waals surface area contributed by atoms with Crippen molar-refractivity contribution in [2.24, 2.45) is 0 Å². The largest absolute Gasteiger partial charge is 0.338 e. The molecule has 1 aliphatic rings. The molecule has 0 spiro atoms. The fraction of sp³-hybridized carbons (Fsp3) is 0.176. The van der Waals surface area contributed by atoms with Gasteiger partial charge in [-0.1, -0.05) is 18.2 Å². The van der Waals surface area contributed by atoms with E-state index in [9.17, 15) is 24.1 Å². The van der Waals surface area contributed by atoms with Crippen molar-refractivity contribution in [2.45, 2.75) is 18.4 Å². The number of nitro groups is 1. The molecule has 2 aromatic carbocycles. The lowest BCUT2D eigenvalue weighted by Gasteiger charge is -2.17. The standard InChI is InChI=1S/C17H14FN3O4/c18-12-4-1-3-11(9-12)17(7-8-17)20-16(23)15(22)19-13-5-2-6-14(10-13)21(24)25/h1-6,9-10H,7-8H2,(H,19,22)(H,20,23). The first-order valence-corrected chi connectivity index (χ1v) is 7.54. The second-order valence-corrected chi connectivity index (χ2v) is 5.81. The van der Waals surface area contributed by atoms with Gasteiger partial charge in [0.05, 0.1) is 10.5 Å². The van der Waals surface area contributed by atoms with Gasteiger partial charge in [0.25, 0.3) is 5.69 Å². The molecule has 3 rings (SSSR count). The van der Waals surface area contributed by atoms with E-state index < -0.39 is 28.1 Å². The average molecular weight is 343 g/mol. The van der Waals surface area contributed by atoms with Gasteiger partial charge in [-0.05, 0) is 36.6 Å². The van der Waals surface area contributed by atoms with Crippen LogP contribution in [0.3, 0.4) is 0 Å². The fourth-order valence-corrected chi connectivity index (χ4v) is 2.56. The van der Waals surface area contributed by atoms with Crippen LogP contribution in [0.15, 0.2) is 48.5 Å². The van der Waals surface area contributed by atoms with Crippen molar-refractivity contribution in [1.29, 1.82) is 0 Å². The van der Waals surface area contributed by atoms with E-state index in [-0.39, 0.29) is 11.4 Å².